The van der Waals surface area contributed by atoms with Gasteiger partial charge in [0.1, 0.15) is 5.75 Å². The van der Waals surface area contributed by atoms with Gasteiger partial charge in [0.15, 0.2) is 11.5 Å². The highest BCUT2D eigenvalue weighted by Gasteiger charge is 2.11. The summed E-state index contributed by atoms with van der Waals surface area (Å²) in [5, 5.41) is 11.1. The van der Waals surface area contributed by atoms with Gasteiger partial charge in [-0.3, -0.25) is 4.79 Å². The molecule has 28 heavy (non-hydrogen) atoms. The molecule has 0 unspecified atom stereocenters. The van der Waals surface area contributed by atoms with E-state index in [9.17, 15) is 4.79 Å². The van der Waals surface area contributed by atoms with Crippen LogP contribution in [-0.4, -0.2) is 29.3 Å². The maximum atomic E-state index is 12.4. The summed E-state index contributed by atoms with van der Waals surface area (Å²) in [5.74, 6) is 1.16. The molecule has 6 nitrogen and oxygen atoms in total. The Labute approximate surface area is 165 Å². The normalized spacial score (nSPS) is 10.6. The van der Waals surface area contributed by atoms with Gasteiger partial charge in [0.25, 0.3) is 5.91 Å². The first-order chi connectivity index (χ1) is 13.5. The molecule has 2 aromatic carbocycles. The molecule has 1 N–H and O–H groups in total. The summed E-state index contributed by atoms with van der Waals surface area (Å²) in [5.41, 5.74) is 2.12. The van der Waals surface area contributed by atoms with Crippen LogP contribution in [0.5, 0.6) is 5.75 Å². The molecule has 0 spiro atoms. The van der Waals surface area contributed by atoms with Crippen LogP contribution in [0.15, 0.2) is 66.7 Å². The molecule has 1 amide bonds. The Kier molecular flexibility index (Phi) is 6.22. The minimum Gasteiger partial charge on any atom is -0.491 e. The number of carbonyl (C=O) groups is 1. The number of ether oxygens (including phenoxy) is 1. The zero-order valence-electron chi connectivity index (χ0n) is 16.3. The zero-order valence-corrected chi connectivity index (χ0v) is 16.3. The molecule has 0 aliphatic carbocycles. The molecule has 144 valence electrons. The van der Waals surface area contributed by atoms with Crippen LogP contribution < -0.4 is 15.0 Å². The fourth-order valence-corrected chi connectivity index (χ4v) is 2.67. The number of nitrogens with zero attached hydrogens (tertiary/aromatic N) is 3. The minimum atomic E-state index is -0.303. The SMILES string of the molecule is CC(C)Oc1ccc(NC(=O)c2ccc(N(C)Cc3ccccc3)nn2)cc1. The number of hydrogen-bond donors (Lipinski definition) is 1. The topological polar surface area (TPSA) is 67.3 Å². The standard InChI is InChI=1S/C22H24N4O2/c1-16(2)28-19-11-9-18(10-12-19)23-22(27)20-13-14-21(25-24-20)26(3)15-17-7-5-4-6-8-17/h4-14,16H,15H2,1-3H3,(H,23,27). The predicted molar refractivity (Wildman–Crippen MR) is 111 cm³/mol. The van der Waals surface area contributed by atoms with Crippen LogP contribution in [0.4, 0.5) is 11.5 Å². The Hall–Kier alpha value is -3.41. The van der Waals surface area contributed by atoms with E-state index in [4.69, 9.17) is 4.74 Å². The lowest BCUT2D eigenvalue weighted by molar-refractivity contribution is 0.102. The van der Waals surface area contributed by atoms with E-state index in [0.717, 1.165) is 5.75 Å². The Morgan fingerprint density at radius 1 is 1.00 bits per heavy atom. The molecule has 1 aromatic heterocycles. The van der Waals surface area contributed by atoms with Gasteiger partial charge >= 0.3 is 0 Å². The zero-order chi connectivity index (χ0) is 19.9. The van der Waals surface area contributed by atoms with Crippen molar-refractivity contribution in [3.63, 3.8) is 0 Å². The number of aromatic nitrogens is 2. The number of carbonyl (C=O) groups excluding carboxylic acids is 1. The van der Waals surface area contributed by atoms with E-state index in [1.807, 2.05) is 56.1 Å². The van der Waals surface area contributed by atoms with Crippen LogP contribution in [0.3, 0.4) is 0 Å². The smallest absolute Gasteiger partial charge is 0.276 e. The van der Waals surface area contributed by atoms with Gasteiger partial charge in [0.2, 0.25) is 0 Å². The van der Waals surface area contributed by atoms with Crippen molar-refractivity contribution >= 4 is 17.4 Å². The van der Waals surface area contributed by atoms with Crippen LogP contribution >= 0.6 is 0 Å². The third-order valence-electron chi connectivity index (χ3n) is 4.02. The van der Waals surface area contributed by atoms with Crippen LogP contribution in [0.25, 0.3) is 0 Å². The summed E-state index contributed by atoms with van der Waals surface area (Å²) in [4.78, 5) is 14.4. The Morgan fingerprint density at radius 3 is 2.32 bits per heavy atom. The second-order valence-corrected chi connectivity index (χ2v) is 6.76. The Bertz CT molecular complexity index is 894. The van der Waals surface area contributed by atoms with Crippen LogP contribution in [0, 0.1) is 0 Å². The van der Waals surface area contributed by atoms with Gasteiger partial charge < -0.3 is 15.0 Å². The van der Waals surface area contributed by atoms with Gasteiger partial charge in [0, 0.05) is 19.3 Å². The highest BCUT2D eigenvalue weighted by atomic mass is 16.5. The second kappa shape index (κ2) is 8.99. The van der Waals surface area contributed by atoms with E-state index >= 15 is 0 Å². The van der Waals surface area contributed by atoms with Gasteiger partial charge in [-0.05, 0) is 55.8 Å². The monoisotopic (exact) mass is 376 g/mol. The van der Waals surface area contributed by atoms with Crippen LogP contribution in [0.1, 0.15) is 29.9 Å². The van der Waals surface area contributed by atoms with E-state index < -0.39 is 0 Å². The van der Waals surface area contributed by atoms with Gasteiger partial charge in [0.05, 0.1) is 6.10 Å². The number of rotatable bonds is 7. The van der Waals surface area contributed by atoms with Crippen LogP contribution in [-0.2, 0) is 6.54 Å². The third-order valence-corrected chi connectivity index (χ3v) is 4.02. The first-order valence-electron chi connectivity index (χ1n) is 9.18. The average molecular weight is 376 g/mol. The molecular weight excluding hydrogens is 352 g/mol. The molecule has 6 heteroatoms. The molecule has 3 rings (SSSR count). The quantitative estimate of drug-likeness (QED) is 0.671. The van der Waals surface area contributed by atoms with Crippen LogP contribution in [0.2, 0.25) is 0 Å². The predicted octanol–water partition coefficient (Wildman–Crippen LogP) is 4.15. The summed E-state index contributed by atoms with van der Waals surface area (Å²) in [7, 11) is 1.94. The van der Waals surface area contributed by atoms with Crippen molar-refractivity contribution < 1.29 is 9.53 Å². The van der Waals surface area contributed by atoms with Crippen molar-refractivity contribution in [1.29, 1.82) is 0 Å². The fourth-order valence-electron chi connectivity index (χ4n) is 2.67. The third kappa shape index (κ3) is 5.30. The lowest BCUT2D eigenvalue weighted by atomic mass is 10.2. The highest BCUT2D eigenvalue weighted by molar-refractivity contribution is 6.02. The molecule has 0 bridgehead atoms. The molecule has 0 saturated carbocycles. The van der Waals surface area contributed by atoms with Crippen molar-refractivity contribution in [2.75, 3.05) is 17.3 Å². The van der Waals surface area contributed by atoms with E-state index in [0.29, 0.717) is 18.1 Å². The lowest BCUT2D eigenvalue weighted by Crippen LogP contribution is -2.20. The average Bonchev–Trinajstić information content (AvgIpc) is 2.70. The summed E-state index contributed by atoms with van der Waals surface area (Å²) < 4.78 is 5.60. The van der Waals surface area contributed by atoms with Crippen molar-refractivity contribution in [2.45, 2.75) is 26.5 Å². The van der Waals surface area contributed by atoms with Gasteiger partial charge in [-0.1, -0.05) is 30.3 Å². The van der Waals surface area contributed by atoms with E-state index in [1.54, 1.807) is 24.3 Å². The van der Waals surface area contributed by atoms with Crippen molar-refractivity contribution in [3.05, 3.63) is 78.0 Å². The summed E-state index contributed by atoms with van der Waals surface area (Å²) in [6, 6.07) is 20.8. The molecule has 0 radical (unpaired) electrons. The minimum absolute atomic E-state index is 0.106. The Morgan fingerprint density at radius 2 is 1.71 bits per heavy atom. The van der Waals surface area contributed by atoms with E-state index in [2.05, 4.69) is 27.6 Å². The maximum absolute atomic E-state index is 12.4. The maximum Gasteiger partial charge on any atom is 0.276 e. The molecule has 0 fully saturated rings. The fraction of sp³-hybridized carbons (Fsp3) is 0.227. The lowest BCUT2D eigenvalue weighted by Gasteiger charge is -2.17. The number of hydrogen-bond acceptors (Lipinski definition) is 5. The second-order valence-electron chi connectivity index (χ2n) is 6.76. The molecule has 3 aromatic rings. The van der Waals surface area contributed by atoms with Gasteiger partial charge in [-0.25, -0.2) is 0 Å². The Balaban J connectivity index is 1.60. The van der Waals surface area contributed by atoms with Crippen molar-refractivity contribution in [1.82, 2.24) is 10.2 Å². The largest absolute Gasteiger partial charge is 0.491 e. The van der Waals surface area contributed by atoms with Crippen molar-refractivity contribution in [2.24, 2.45) is 0 Å². The molecule has 1 heterocycles. The summed E-state index contributed by atoms with van der Waals surface area (Å²) in [6.07, 6.45) is 0.106. The summed E-state index contributed by atoms with van der Waals surface area (Å²) in [6.45, 7) is 4.65. The molecule has 0 aliphatic heterocycles. The first-order valence-corrected chi connectivity index (χ1v) is 9.18. The number of benzene rings is 2. The molecule has 0 aliphatic rings. The molecular formula is C22H24N4O2. The first kappa shape index (κ1) is 19.4. The van der Waals surface area contributed by atoms with Crippen molar-refractivity contribution in [3.8, 4) is 5.75 Å². The number of nitrogens with one attached hydrogen (secondary N) is 1. The highest BCUT2D eigenvalue weighted by Crippen LogP contribution is 2.18. The van der Waals surface area contributed by atoms with Gasteiger partial charge in [-0.15, -0.1) is 10.2 Å². The summed E-state index contributed by atoms with van der Waals surface area (Å²) >= 11 is 0. The molecule has 0 atom stereocenters. The van der Waals surface area contributed by atoms with E-state index in [1.165, 1.54) is 5.56 Å². The number of amides is 1. The number of anilines is 2. The van der Waals surface area contributed by atoms with E-state index in [-0.39, 0.29) is 17.7 Å². The van der Waals surface area contributed by atoms with Gasteiger partial charge in [-0.2, -0.15) is 0 Å². The molecule has 0 saturated heterocycles.